The van der Waals surface area contributed by atoms with Gasteiger partial charge in [-0.05, 0) is 39.3 Å². The zero-order chi connectivity index (χ0) is 18.2. The third-order valence-corrected chi connectivity index (χ3v) is 6.52. The first-order valence-corrected chi connectivity index (χ1v) is 10.9. The summed E-state index contributed by atoms with van der Waals surface area (Å²) in [7, 11) is -7.20. The normalized spacial score (nSPS) is 13.8. The highest BCUT2D eigenvalue weighted by Gasteiger charge is 2.25. The standard InChI is InChI=1S/C15H25O7PS/c1-4-20-23(17,21-5-2)11-10-14(16)12-22-24(18,19)15-8-6-13(3)7-9-15/h6-9,14,16H,4-5,10-12H2,1-3H3. The lowest BCUT2D eigenvalue weighted by molar-refractivity contribution is 0.105. The van der Waals surface area contributed by atoms with Crippen LogP contribution in [0.3, 0.4) is 0 Å². The summed E-state index contributed by atoms with van der Waals surface area (Å²) in [5, 5.41) is 9.88. The van der Waals surface area contributed by atoms with E-state index >= 15 is 0 Å². The third kappa shape index (κ3) is 7.01. The van der Waals surface area contributed by atoms with E-state index in [0.717, 1.165) is 5.56 Å². The molecular formula is C15H25O7PS. The lowest BCUT2D eigenvalue weighted by Crippen LogP contribution is -2.20. The summed E-state index contributed by atoms with van der Waals surface area (Å²) in [6, 6.07) is 6.20. The van der Waals surface area contributed by atoms with Crippen molar-refractivity contribution in [1.29, 1.82) is 0 Å². The molecule has 0 spiro atoms. The second-order valence-corrected chi connectivity index (χ2v) is 8.97. The van der Waals surface area contributed by atoms with Crippen molar-refractivity contribution >= 4 is 17.7 Å². The first-order valence-electron chi connectivity index (χ1n) is 7.74. The molecule has 0 radical (unpaired) electrons. The maximum atomic E-state index is 12.3. The second-order valence-electron chi connectivity index (χ2n) is 5.16. The Morgan fingerprint density at radius 2 is 1.67 bits per heavy atom. The molecule has 1 aromatic rings. The van der Waals surface area contributed by atoms with Crippen molar-refractivity contribution in [1.82, 2.24) is 0 Å². The monoisotopic (exact) mass is 380 g/mol. The minimum absolute atomic E-state index is 0.0101. The molecule has 0 aliphatic heterocycles. The van der Waals surface area contributed by atoms with Gasteiger partial charge in [0, 0.05) is 0 Å². The Hall–Kier alpha value is -0.760. The van der Waals surface area contributed by atoms with Crippen LogP contribution in [0, 0.1) is 6.92 Å². The average molecular weight is 380 g/mol. The van der Waals surface area contributed by atoms with Crippen LogP contribution in [0.5, 0.6) is 0 Å². The largest absolute Gasteiger partial charge is 0.391 e. The van der Waals surface area contributed by atoms with Crippen LogP contribution in [0.25, 0.3) is 0 Å². The Morgan fingerprint density at radius 3 is 2.17 bits per heavy atom. The fraction of sp³-hybridized carbons (Fsp3) is 0.600. The summed E-state index contributed by atoms with van der Waals surface area (Å²) < 4.78 is 51.4. The van der Waals surface area contributed by atoms with Crippen molar-refractivity contribution < 1.29 is 31.3 Å². The minimum Gasteiger partial charge on any atom is -0.391 e. The van der Waals surface area contributed by atoms with Gasteiger partial charge in [0.1, 0.15) is 0 Å². The first kappa shape index (κ1) is 21.3. The molecule has 0 fully saturated rings. The molecule has 0 aliphatic rings. The lowest BCUT2D eigenvalue weighted by atomic mass is 10.2. The van der Waals surface area contributed by atoms with E-state index in [1.54, 1.807) is 26.0 Å². The molecule has 1 atom stereocenters. The summed E-state index contributed by atoms with van der Waals surface area (Å²) in [5.74, 6) is 0. The molecule has 0 saturated heterocycles. The number of hydrogen-bond acceptors (Lipinski definition) is 7. The van der Waals surface area contributed by atoms with Crippen molar-refractivity contribution in [2.24, 2.45) is 0 Å². The van der Waals surface area contributed by atoms with E-state index < -0.39 is 30.4 Å². The Morgan fingerprint density at radius 1 is 1.12 bits per heavy atom. The van der Waals surface area contributed by atoms with Gasteiger partial charge in [0.15, 0.2) is 0 Å². The number of aliphatic hydroxyl groups is 1. The van der Waals surface area contributed by atoms with Gasteiger partial charge >= 0.3 is 7.60 Å². The first-order chi connectivity index (χ1) is 11.2. The van der Waals surface area contributed by atoms with Crippen LogP contribution in [0.4, 0.5) is 0 Å². The second kappa shape index (κ2) is 9.65. The number of aryl methyl sites for hydroxylation is 1. The van der Waals surface area contributed by atoms with Gasteiger partial charge < -0.3 is 14.2 Å². The van der Waals surface area contributed by atoms with Gasteiger partial charge in [-0.1, -0.05) is 17.7 Å². The molecule has 0 heterocycles. The molecule has 7 nitrogen and oxygen atoms in total. The van der Waals surface area contributed by atoms with E-state index in [9.17, 15) is 18.1 Å². The van der Waals surface area contributed by atoms with Crippen molar-refractivity contribution in [2.45, 2.75) is 38.2 Å². The summed E-state index contributed by atoms with van der Waals surface area (Å²) >= 11 is 0. The predicted molar refractivity (Wildman–Crippen MR) is 90.7 cm³/mol. The fourth-order valence-electron chi connectivity index (χ4n) is 1.89. The Balaban J connectivity index is 2.54. The molecule has 0 saturated carbocycles. The van der Waals surface area contributed by atoms with Gasteiger partial charge in [-0.2, -0.15) is 8.42 Å². The minimum atomic E-state index is -3.94. The van der Waals surface area contributed by atoms with E-state index in [2.05, 4.69) is 0 Å². The van der Waals surface area contributed by atoms with Crippen molar-refractivity contribution in [3.8, 4) is 0 Å². The van der Waals surface area contributed by atoms with Gasteiger partial charge in [0.2, 0.25) is 0 Å². The Labute approximate surface area is 143 Å². The van der Waals surface area contributed by atoms with Crippen LogP contribution in [0.1, 0.15) is 25.8 Å². The predicted octanol–water partition coefficient (Wildman–Crippen LogP) is 2.72. The molecule has 1 N–H and O–H groups in total. The quantitative estimate of drug-likeness (QED) is 0.465. The van der Waals surface area contributed by atoms with Crippen LogP contribution >= 0.6 is 7.60 Å². The topological polar surface area (TPSA) is 99.1 Å². The maximum Gasteiger partial charge on any atom is 0.330 e. The maximum absolute atomic E-state index is 12.3. The highest BCUT2D eigenvalue weighted by molar-refractivity contribution is 7.86. The fourth-order valence-corrected chi connectivity index (χ4v) is 4.57. The summed E-state index contributed by atoms with van der Waals surface area (Å²) in [6.07, 6.45) is -1.07. The molecule has 0 bridgehead atoms. The van der Waals surface area contributed by atoms with Crippen LogP contribution in [-0.2, 0) is 27.9 Å². The van der Waals surface area contributed by atoms with Crippen molar-refractivity contribution in [2.75, 3.05) is 26.0 Å². The Kier molecular flexibility index (Phi) is 8.56. The lowest BCUT2D eigenvalue weighted by Gasteiger charge is -2.18. The van der Waals surface area contributed by atoms with E-state index in [0.29, 0.717) is 0 Å². The third-order valence-electron chi connectivity index (χ3n) is 3.11. The number of benzene rings is 1. The molecule has 1 aromatic carbocycles. The summed E-state index contributed by atoms with van der Waals surface area (Å²) in [6.45, 7) is 5.26. The van der Waals surface area contributed by atoms with Gasteiger partial charge in [-0.25, -0.2) is 0 Å². The van der Waals surface area contributed by atoms with Crippen molar-refractivity contribution in [3.63, 3.8) is 0 Å². The van der Waals surface area contributed by atoms with Crippen LogP contribution in [0.15, 0.2) is 29.2 Å². The molecule has 138 valence electrons. The number of hydrogen-bond donors (Lipinski definition) is 1. The highest BCUT2D eigenvalue weighted by Crippen LogP contribution is 2.48. The molecular weight excluding hydrogens is 355 g/mol. The van der Waals surface area contributed by atoms with E-state index in [1.807, 2.05) is 6.92 Å². The van der Waals surface area contributed by atoms with Gasteiger partial charge in [0.25, 0.3) is 10.1 Å². The van der Waals surface area contributed by atoms with Crippen LogP contribution < -0.4 is 0 Å². The van der Waals surface area contributed by atoms with E-state index in [-0.39, 0.29) is 30.7 Å². The number of aliphatic hydroxyl groups excluding tert-OH is 1. The molecule has 0 aromatic heterocycles. The zero-order valence-electron chi connectivity index (χ0n) is 14.2. The zero-order valence-corrected chi connectivity index (χ0v) is 15.9. The molecule has 1 unspecified atom stereocenters. The van der Waals surface area contributed by atoms with E-state index in [1.165, 1.54) is 12.1 Å². The average Bonchev–Trinajstić information content (AvgIpc) is 2.52. The molecule has 9 heteroatoms. The Bertz CT molecular complexity index is 632. The highest BCUT2D eigenvalue weighted by atomic mass is 32.2. The summed E-state index contributed by atoms with van der Waals surface area (Å²) in [4.78, 5) is 0.0228. The van der Waals surface area contributed by atoms with Crippen LogP contribution in [0.2, 0.25) is 0 Å². The smallest absolute Gasteiger partial charge is 0.330 e. The van der Waals surface area contributed by atoms with E-state index in [4.69, 9.17) is 13.2 Å². The molecule has 0 aliphatic carbocycles. The summed E-state index contributed by atoms with van der Waals surface area (Å²) in [5.41, 5.74) is 0.927. The van der Waals surface area contributed by atoms with Crippen LogP contribution in [-0.4, -0.2) is 45.6 Å². The van der Waals surface area contributed by atoms with Gasteiger partial charge in [-0.3, -0.25) is 8.75 Å². The SMILES string of the molecule is CCOP(=O)(CCC(O)COS(=O)(=O)c1ccc(C)cc1)OCC. The molecule has 1 rings (SSSR count). The molecule has 24 heavy (non-hydrogen) atoms. The number of rotatable bonds is 11. The van der Waals surface area contributed by atoms with Gasteiger partial charge in [-0.15, -0.1) is 0 Å². The van der Waals surface area contributed by atoms with Crippen molar-refractivity contribution in [3.05, 3.63) is 29.8 Å². The molecule has 0 amide bonds. The van der Waals surface area contributed by atoms with Gasteiger partial charge in [0.05, 0.1) is 37.0 Å².